The highest BCUT2D eigenvalue weighted by molar-refractivity contribution is 6.13. The Morgan fingerprint density at radius 1 is 0.742 bits per heavy atom. The average Bonchev–Trinajstić information content (AvgIpc) is 2.81. The Labute approximate surface area is 179 Å². The zero-order valence-electron chi connectivity index (χ0n) is 16.5. The van der Waals surface area contributed by atoms with E-state index in [0.29, 0.717) is 16.8 Å². The molecule has 0 aromatic heterocycles. The molecule has 4 nitrogen and oxygen atoms in total. The van der Waals surface area contributed by atoms with Crippen LogP contribution in [0.4, 0.5) is 10.1 Å². The monoisotopic (exact) mass is 410 g/mol. The lowest BCUT2D eigenvalue weighted by Crippen LogP contribution is -2.30. The van der Waals surface area contributed by atoms with Crippen molar-refractivity contribution in [2.24, 2.45) is 0 Å². The Morgan fingerprint density at radius 2 is 1.42 bits per heavy atom. The molecule has 152 valence electrons. The molecule has 0 aliphatic carbocycles. The van der Waals surface area contributed by atoms with Crippen molar-refractivity contribution in [3.8, 4) is 0 Å². The van der Waals surface area contributed by atoms with Gasteiger partial charge in [-0.05, 0) is 47.4 Å². The molecule has 0 fully saturated rings. The molecule has 4 rings (SSSR count). The van der Waals surface area contributed by atoms with Crippen LogP contribution in [0.25, 0.3) is 16.8 Å². The maximum absolute atomic E-state index is 13.3. The van der Waals surface area contributed by atoms with Crippen LogP contribution >= 0.6 is 0 Å². The zero-order valence-corrected chi connectivity index (χ0v) is 16.5. The first kappa shape index (κ1) is 20.0. The van der Waals surface area contributed by atoms with Gasteiger partial charge in [-0.2, -0.15) is 0 Å². The van der Waals surface area contributed by atoms with E-state index >= 15 is 0 Å². The normalized spacial score (nSPS) is 11.2. The molecule has 0 radical (unpaired) electrons. The van der Waals surface area contributed by atoms with Crippen LogP contribution in [0.3, 0.4) is 0 Å². The first-order valence-electron chi connectivity index (χ1n) is 9.73. The lowest BCUT2D eigenvalue weighted by molar-refractivity contribution is -0.113. The van der Waals surface area contributed by atoms with Gasteiger partial charge in [-0.15, -0.1) is 0 Å². The van der Waals surface area contributed by atoms with Crippen molar-refractivity contribution in [3.63, 3.8) is 0 Å². The first-order valence-corrected chi connectivity index (χ1v) is 9.73. The molecular formula is C26H19FN2O2. The van der Waals surface area contributed by atoms with E-state index in [-0.39, 0.29) is 11.5 Å². The Balaban J connectivity index is 1.66. The molecule has 0 heterocycles. The van der Waals surface area contributed by atoms with Crippen LogP contribution in [-0.4, -0.2) is 11.8 Å². The smallest absolute Gasteiger partial charge is 0.272 e. The molecule has 0 spiro atoms. The second-order valence-electron chi connectivity index (χ2n) is 6.91. The molecule has 2 amide bonds. The van der Waals surface area contributed by atoms with E-state index in [0.717, 1.165) is 10.8 Å². The summed E-state index contributed by atoms with van der Waals surface area (Å²) in [5.74, 6) is -1.28. The number of rotatable bonds is 5. The molecule has 0 saturated carbocycles. The Morgan fingerprint density at radius 3 is 2.19 bits per heavy atom. The lowest BCUT2D eigenvalue weighted by Gasteiger charge is -2.13. The number of halogens is 1. The summed E-state index contributed by atoms with van der Waals surface area (Å²) >= 11 is 0. The van der Waals surface area contributed by atoms with Gasteiger partial charge in [0, 0.05) is 16.6 Å². The molecule has 0 unspecified atom stereocenters. The number of benzene rings is 4. The van der Waals surface area contributed by atoms with Crippen LogP contribution in [0.1, 0.15) is 15.9 Å². The van der Waals surface area contributed by atoms with Gasteiger partial charge in [0.1, 0.15) is 11.5 Å². The molecule has 5 heteroatoms. The van der Waals surface area contributed by atoms with Gasteiger partial charge < -0.3 is 10.6 Å². The van der Waals surface area contributed by atoms with E-state index in [1.54, 1.807) is 36.4 Å². The number of hydrogen-bond acceptors (Lipinski definition) is 2. The van der Waals surface area contributed by atoms with E-state index in [2.05, 4.69) is 10.6 Å². The van der Waals surface area contributed by atoms with E-state index < -0.39 is 11.8 Å². The number of nitrogens with one attached hydrogen (secondary N) is 2. The summed E-state index contributed by atoms with van der Waals surface area (Å²) in [6, 6.07) is 27.6. The summed E-state index contributed by atoms with van der Waals surface area (Å²) in [4.78, 5) is 25.8. The first-order chi connectivity index (χ1) is 15.1. The van der Waals surface area contributed by atoms with Crippen molar-refractivity contribution in [3.05, 3.63) is 120 Å². The van der Waals surface area contributed by atoms with E-state index in [9.17, 15) is 14.0 Å². The summed E-state index contributed by atoms with van der Waals surface area (Å²) in [5, 5.41) is 7.43. The van der Waals surface area contributed by atoms with Gasteiger partial charge in [-0.3, -0.25) is 9.59 Å². The highest BCUT2D eigenvalue weighted by Crippen LogP contribution is 2.23. The molecule has 31 heavy (non-hydrogen) atoms. The maximum atomic E-state index is 13.3. The fourth-order valence-corrected chi connectivity index (χ4v) is 3.19. The SMILES string of the molecule is O=C(Nc1cccc2ccccc12)/C(=C\c1ccc(F)cc1)NC(=O)c1ccccc1. The maximum Gasteiger partial charge on any atom is 0.272 e. The second kappa shape index (κ2) is 9.05. The molecule has 2 N–H and O–H groups in total. The molecule has 4 aromatic carbocycles. The van der Waals surface area contributed by atoms with Crippen LogP contribution in [0, 0.1) is 5.82 Å². The van der Waals surface area contributed by atoms with Gasteiger partial charge >= 0.3 is 0 Å². The van der Waals surface area contributed by atoms with Gasteiger partial charge in [0.2, 0.25) is 0 Å². The standard InChI is InChI=1S/C26H19FN2O2/c27-21-15-13-18(14-16-21)17-24(29-25(30)20-8-2-1-3-9-20)26(31)28-23-12-6-10-19-7-4-5-11-22(19)23/h1-17H,(H,28,31)(H,29,30)/b24-17+. The number of carbonyl (C=O) groups excluding carboxylic acids is 2. The quantitative estimate of drug-likeness (QED) is 0.434. The predicted octanol–water partition coefficient (Wildman–Crippen LogP) is 5.39. The van der Waals surface area contributed by atoms with Crippen molar-refractivity contribution in [2.75, 3.05) is 5.32 Å². The van der Waals surface area contributed by atoms with Crippen LogP contribution in [0.2, 0.25) is 0 Å². The third-order valence-corrected chi connectivity index (χ3v) is 4.75. The van der Waals surface area contributed by atoms with Gasteiger partial charge in [0.25, 0.3) is 11.8 Å². The third-order valence-electron chi connectivity index (χ3n) is 4.75. The Kier molecular flexibility index (Phi) is 5.85. The number of amides is 2. The minimum atomic E-state index is -0.482. The highest BCUT2D eigenvalue weighted by atomic mass is 19.1. The van der Waals surface area contributed by atoms with Crippen LogP contribution < -0.4 is 10.6 Å². The van der Waals surface area contributed by atoms with Gasteiger partial charge in [-0.1, -0.05) is 66.7 Å². The Bertz CT molecular complexity index is 1260. The van der Waals surface area contributed by atoms with Crippen LogP contribution in [-0.2, 0) is 4.79 Å². The molecule has 0 atom stereocenters. The molecule has 0 saturated heterocycles. The zero-order chi connectivity index (χ0) is 21.6. The van der Waals surface area contributed by atoms with Gasteiger partial charge in [0.15, 0.2) is 0 Å². The minimum Gasteiger partial charge on any atom is -0.320 e. The number of fused-ring (bicyclic) bond motifs is 1. The molecular weight excluding hydrogens is 391 g/mol. The average molecular weight is 410 g/mol. The molecule has 0 aliphatic heterocycles. The largest absolute Gasteiger partial charge is 0.320 e. The van der Waals surface area contributed by atoms with E-state index in [4.69, 9.17) is 0 Å². The van der Waals surface area contributed by atoms with Gasteiger partial charge in [-0.25, -0.2) is 4.39 Å². The summed E-state index contributed by atoms with van der Waals surface area (Å²) in [6.07, 6.45) is 1.51. The topological polar surface area (TPSA) is 58.2 Å². The minimum absolute atomic E-state index is 0.0494. The van der Waals surface area contributed by atoms with E-state index in [1.165, 1.54) is 30.3 Å². The second-order valence-corrected chi connectivity index (χ2v) is 6.91. The lowest BCUT2D eigenvalue weighted by atomic mass is 10.1. The highest BCUT2D eigenvalue weighted by Gasteiger charge is 2.16. The summed E-state index contributed by atoms with van der Waals surface area (Å²) < 4.78 is 13.3. The van der Waals surface area contributed by atoms with Crippen molar-refractivity contribution in [1.29, 1.82) is 0 Å². The summed E-state index contributed by atoms with van der Waals surface area (Å²) in [5.41, 5.74) is 1.68. The number of carbonyl (C=O) groups is 2. The van der Waals surface area contributed by atoms with Crippen molar-refractivity contribution in [1.82, 2.24) is 5.32 Å². The predicted molar refractivity (Wildman–Crippen MR) is 121 cm³/mol. The van der Waals surface area contributed by atoms with Crippen molar-refractivity contribution < 1.29 is 14.0 Å². The third kappa shape index (κ3) is 4.85. The fraction of sp³-hybridized carbons (Fsp3) is 0. The van der Waals surface area contributed by atoms with Crippen molar-refractivity contribution in [2.45, 2.75) is 0 Å². The molecule has 4 aromatic rings. The van der Waals surface area contributed by atoms with Crippen LogP contribution in [0.5, 0.6) is 0 Å². The summed E-state index contributed by atoms with van der Waals surface area (Å²) in [7, 11) is 0. The molecule has 0 bridgehead atoms. The fourth-order valence-electron chi connectivity index (χ4n) is 3.19. The summed E-state index contributed by atoms with van der Waals surface area (Å²) in [6.45, 7) is 0. The van der Waals surface area contributed by atoms with Crippen molar-refractivity contribution >= 4 is 34.4 Å². The molecule has 0 aliphatic rings. The number of hydrogen-bond donors (Lipinski definition) is 2. The van der Waals surface area contributed by atoms with Crippen LogP contribution in [0.15, 0.2) is 103 Å². The Hall–Kier alpha value is -4.25. The number of anilines is 1. The van der Waals surface area contributed by atoms with E-state index in [1.807, 2.05) is 36.4 Å². The van der Waals surface area contributed by atoms with Gasteiger partial charge in [0.05, 0.1) is 0 Å².